The van der Waals surface area contributed by atoms with Crippen LogP contribution in [0, 0.1) is 0 Å². The SMILES string of the molecule is F[B-](F)(F)c1ccc(Cn2cncn2)cc1. The molecule has 1 aromatic heterocycles. The van der Waals surface area contributed by atoms with Crippen LogP contribution in [0.1, 0.15) is 5.56 Å². The molecule has 2 rings (SSSR count). The molecule has 0 bridgehead atoms. The Kier molecular flexibility index (Phi) is 2.68. The molecule has 3 nitrogen and oxygen atoms in total. The highest BCUT2D eigenvalue weighted by Crippen LogP contribution is 2.09. The van der Waals surface area contributed by atoms with Gasteiger partial charge in [0.05, 0.1) is 6.54 Å². The molecule has 0 unspecified atom stereocenters. The molecule has 0 spiro atoms. The van der Waals surface area contributed by atoms with Crippen molar-refractivity contribution in [2.24, 2.45) is 0 Å². The van der Waals surface area contributed by atoms with Crippen LogP contribution in [0.3, 0.4) is 0 Å². The Bertz CT molecular complexity index is 450. The third-order valence-electron chi connectivity index (χ3n) is 2.17. The first-order valence-corrected chi connectivity index (χ1v) is 4.67. The zero-order valence-electron chi connectivity index (χ0n) is 8.22. The number of rotatable bonds is 3. The van der Waals surface area contributed by atoms with Crippen molar-refractivity contribution in [3.05, 3.63) is 42.5 Å². The van der Waals surface area contributed by atoms with E-state index >= 15 is 0 Å². The standard InChI is InChI=1S/C9H8BF3N3/c11-10(12,13)9-3-1-8(2-4-9)5-16-7-14-6-15-16/h1-4,6-7H,5H2/q-1. The normalized spacial score (nSPS) is 11.7. The lowest BCUT2D eigenvalue weighted by molar-refractivity contribution is 0.501. The molecule has 16 heavy (non-hydrogen) atoms. The number of halogens is 3. The zero-order chi connectivity index (χ0) is 11.6. The van der Waals surface area contributed by atoms with Gasteiger partial charge in [-0.05, 0) is 5.56 Å². The topological polar surface area (TPSA) is 30.7 Å². The lowest BCUT2D eigenvalue weighted by Gasteiger charge is -2.14. The first-order chi connectivity index (χ1) is 7.55. The lowest BCUT2D eigenvalue weighted by atomic mass is 9.80. The van der Waals surface area contributed by atoms with Gasteiger partial charge < -0.3 is 12.9 Å². The highest BCUT2D eigenvalue weighted by molar-refractivity contribution is 6.73. The Morgan fingerprint density at radius 1 is 1.12 bits per heavy atom. The van der Waals surface area contributed by atoms with E-state index in [1.807, 2.05) is 0 Å². The first-order valence-electron chi connectivity index (χ1n) is 4.67. The smallest absolute Gasteiger partial charge is 0.445 e. The summed E-state index contributed by atoms with van der Waals surface area (Å²) in [5.41, 5.74) is 0.177. The largest absolute Gasteiger partial charge is 0.509 e. The molecule has 0 saturated heterocycles. The van der Waals surface area contributed by atoms with E-state index in [0.29, 0.717) is 6.54 Å². The minimum Gasteiger partial charge on any atom is -0.445 e. The van der Waals surface area contributed by atoms with Crippen molar-refractivity contribution in [3.63, 3.8) is 0 Å². The van der Waals surface area contributed by atoms with Gasteiger partial charge in [0, 0.05) is 0 Å². The predicted molar refractivity (Wildman–Crippen MR) is 54.3 cm³/mol. The van der Waals surface area contributed by atoms with E-state index in [1.165, 1.54) is 24.8 Å². The van der Waals surface area contributed by atoms with Gasteiger partial charge in [0.15, 0.2) is 0 Å². The van der Waals surface area contributed by atoms with E-state index in [1.54, 1.807) is 4.68 Å². The molecular weight excluding hydrogens is 218 g/mol. The Morgan fingerprint density at radius 3 is 2.31 bits per heavy atom. The summed E-state index contributed by atoms with van der Waals surface area (Å²) in [6, 6.07) is 5.08. The van der Waals surface area contributed by atoms with Crippen LogP contribution in [0.2, 0.25) is 0 Å². The van der Waals surface area contributed by atoms with Gasteiger partial charge in [-0.1, -0.05) is 24.3 Å². The van der Waals surface area contributed by atoms with Gasteiger partial charge in [-0.3, -0.25) is 0 Å². The Morgan fingerprint density at radius 2 is 1.81 bits per heavy atom. The zero-order valence-corrected chi connectivity index (χ0v) is 8.22. The third kappa shape index (κ3) is 2.42. The molecule has 0 radical (unpaired) electrons. The summed E-state index contributed by atoms with van der Waals surface area (Å²) in [4.78, 5) is 3.75. The number of benzene rings is 1. The van der Waals surface area contributed by atoms with E-state index in [9.17, 15) is 12.9 Å². The summed E-state index contributed by atoms with van der Waals surface area (Å²) < 4.78 is 38.5. The molecule has 0 atom stereocenters. The maximum Gasteiger partial charge on any atom is 0.509 e. The molecule has 0 N–H and O–H groups in total. The summed E-state index contributed by atoms with van der Waals surface area (Å²) in [5.74, 6) is 0. The Labute approximate surface area is 90.0 Å². The molecule has 0 aliphatic heterocycles. The van der Waals surface area contributed by atoms with E-state index in [-0.39, 0.29) is 0 Å². The fourth-order valence-electron chi connectivity index (χ4n) is 1.34. The molecule has 1 aromatic carbocycles. The molecule has 0 aliphatic carbocycles. The predicted octanol–water partition coefficient (Wildman–Crippen LogP) is 1.38. The van der Waals surface area contributed by atoms with Crippen molar-refractivity contribution in [3.8, 4) is 0 Å². The average molecular weight is 226 g/mol. The fourth-order valence-corrected chi connectivity index (χ4v) is 1.34. The van der Waals surface area contributed by atoms with E-state index < -0.39 is 12.4 Å². The number of nitrogens with zero attached hydrogens (tertiary/aromatic N) is 3. The van der Waals surface area contributed by atoms with Crippen LogP contribution in [0.25, 0.3) is 0 Å². The highest BCUT2D eigenvalue weighted by Gasteiger charge is 2.24. The van der Waals surface area contributed by atoms with Crippen LogP contribution >= 0.6 is 0 Å². The van der Waals surface area contributed by atoms with Crippen LogP contribution in [0.4, 0.5) is 12.9 Å². The van der Waals surface area contributed by atoms with Crippen molar-refractivity contribution in [1.82, 2.24) is 14.8 Å². The monoisotopic (exact) mass is 226 g/mol. The molecule has 84 valence electrons. The van der Waals surface area contributed by atoms with Crippen molar-refractivity contribution in [2.75, 3.05) is 0 Å². The highest BCUT2D eigenvalue weighted by atomic mass is 19.4. The Hall–Kier alpha value is -1.79. The van der Waals surface area contributed by atoms with Crippen LogP contribution in [0.5, 0.6) is 0 Å². The maximum atomic E-state index is 12.3. The van der Waals surface area contributed by atoms with E-state index in [4.69, 9.17) is 0 Å². The maximum absolute atomic E-state index is 12.3. The lowest BCUT2D eigenvalue weighted by Crippen LogP contribution is -2.33. The molecule has 0 amide bonds. The summed E-state index contributed by atoms with van der Waals surface area (Å²) in [6.07, 6.45) is 2.90. The van der Waals surface area contributed by atoms with E-state index in [0.717, 1.165) is 17.7 Å². The molecule has 1 heterocycles. The van der Waals surface area contributed by atoms with Gasteiger partial charge in [-0.25, -0.2) is 9.67 Å². The second-order valence-corrected chi connectivity index (χ2v) is 3.41. The van der Waals surface area contributed by atoms with Crippen molar-refractivity contribution in [1.29, 1.82) is 0 Å². The number of hydrogen-bond donors (Lipinski definition) is 0. The van der Waals surface area contributed by atoms with Gasteiger partial charge in [0.25, 0.3) is 0 Å². The van der Waals surface area contributed by atoms with Gasteiger partial charge in [-0.2, -0.15) is 5.10 Å². The van der Waals surface area contributed by atoms with Gasteiger partial charge >= 0.3 is 6.98 Å². The quantitative estimate of drug-likeness (QED) is 0.740. The van der Waals surface area contributed by atoms with Gasteiger partial charge in [-0.15, -0.1) is 5.46 Å². The average Bonchev–Trinajstić information content (AvgIpc) is 2.70. The molecule has 2 aromatic rings. The Balaban J connectivity index is 2.14. The molecule has 0 aliphatic rings. The second kappa shape index (κ2) is 4.00. The molecule has 7 heteroatoms. The fraction of sp³-hybridized carbons (Fsp3) is 0.111. The van der Waals surface area contributed by atoms with Crippen LogP contribution in [-0.2, 0) is 6.54 Å². The van der Waals surface area contributed by atoms with Crippen LogP contribution in [0.15, 0.2) is 36.9 Å². The van der Waals surface area contributed by atoms with Crippen molar-refractivity contribution in [2.45, 2.75) is 6.54 Å². The van der Waals surface area contributed by atoms with Crippen molar-refractivity contribution >= 4 is 12.4 Å². The summed E-state index contributed by atoms with van der Waals surface area (Å²) in [6.45, 7) is -4.49. The van der Waals surface area contributed by atoms with Gasteiger partial charge in [0.1, 0.15) is 12.7 Å². The first kappa shape index (κ1) is 10.7. The third-order valence-corrected chi connectivity index (χ3v) is 2.17. The minimum absolute atomic E-state index is 0.422. The van der Waals surface area contributed by atoms with Crippen LogP contribution < -0.4 is 5.46 Å². The summed E-state index contributed by atoms with van der Waals surface area (Å²) >= 11 is 0. The summed E-state index contributed by atoms with van der Waals surface area (Å²) in [5, 5.41) is 3.87. The molecular formula is C9H8BF3N3-. The number of aromatic nitrogens is 3. The minimum atomic E-state index is -4.91. The van der Waals surface area contributed by atoms with Crippen molar-refractivity contribution < 1.29 is 12.9 Å². The summed E-state index contributed by atoms with van der Waals surface area (Å²) in [7, 11) is 0. The molecule has 0 saturated carbocycles. The molecule has 0 fully saturated rings. The number of hydrogen-bond acceptors (Lipinski definition) is 2. The van der Waals surface area contributed by atoms with E-state index in [2.05, 4.69) is 10.1 Å². The second-order valence-electron chi connectivity index (χ2n) is 3.41. The van der Waals surface area contributed by atoms with Gasteiger partial charge in [0.2, 0.25) is 0 Å². The van der Waals surface area contributed by atoms with Crippen LogP contribution in [-0.4, -0.2) is 21.7 Å².